The number of ether oxygens (including phenoxy) is 2. The largest absolute Gasteiger partial charge is 0.469 e. The number of hydrogen-bond acceptors (Lipinski definition) is 5. The van der Waals surface area contributed by atoms with E-state index in [1.807, 2.05) is 18.7 Å². The molecular formula is C11H21NO4. The van der Waals surface area contributed by atoms with Crippen LogP contribution in [0, 0.1) is 0 Å². The predicted molar refractivity (Wildman–Crippen MR) is 60.0 cm³/mol. The van der Waals surface area contributed by atoms with E-state index in [4.69, 9.17) is 0 Å². The molecule has 94 valence electrons. The maximum Gasteiger partial charge on any atom is 0.307 e. The maximum absolute atomic E-state index is 11.1. The van der Waals surface area contributed by atoms with E-state index < -0.39 is 0 Å². The Bertz CT molecular complexity index is 230. The van der Waals surface area contributed by atoms with Crippen molar-refractivity contribution in [3.8, 4) is 0 Å². The first-order valence-electron chi connectivity index (χ1n) is 5.42. The third-order valence-corrected chi connectivity index (χ3v) is 2.55. The van der Waals surface area contributed by atoms with Gasteiger partial charge in [0.2, 0.25) is 0 Å². The average Bonchev–Trinajstić information content (AvgIpc) is 2.29. The summed E-state index contributed by atoms with van der Waals surface area (Å²) >= 11 is 0. The van der Waals surface area contributed by atoms with Gasteiger partial charge in [-0.2, -0.15) is 0 Å². The number of hydrogen-bond donors (Lipinski definition) is 0. The topological polar surface area (TPSA) is 55.8 Å². The minimum absolute atomic E-state index is 0.0714. The molecule has 1 unspecified atom stereocenters. The lowest BCUT2D eigenvalue weighted by Crippen LogP contribution is -2.36. The van der Waals surface area contributed by atoms with Crippen LogP contribution in [-0.2, 0) is 19.1 Å². The highest BCUT2D eigenvalue weighted by Crippen LogP contribution is 2.05. The molecule has 5 nitrogen and oxygen atoms in total. The smallest absolute Gasteiger partial charge is 0.307 e. The number of methoxy groups -OCH3 is 2. The Morgan fingerprint density at radius 1 is 1.19 bits per heavy atom. The first kappa shape index (κ1) is 14.9. The van der Waals surface area contributed by atoms with Gasteiger partial charge in [0.25, 0.3) is 0 Å². The molecule has 0 aromatic heterocycles. The normalized spacial score (nSPS) is 12.3. The Kier molecular flexibility index (Phi) is 7.54. The first-order chi connectivity index (χ1) is 7.54. The Morgan fingerprint density at radius 3 is 2.19 bits per heavy atom. The molecule has 0 heterocycles. The first-order valence-corrected chi connectivity index (χ1v) is 5.42. The molecule has 0 radical (unpaired) electrons. The summed E-state index contributed by atoms with van der Waals surface area (Å²) in [5.41, 5.74) is 0. The highest BCUT2D eigenvalue weighted by atomic mass is 16.5. The Labute approximate surface area is 96.7 Å². The van der Waals surface area contributed by atoms with E-state index >= 15 is 0 Å². The molecule has 0 saturated heterocycles. The minimum Gasteiger partial charge on any atom is -0.469 e. The third kappa shape index (κ3) is 5.70. The summed E-state index contributed by atoms with van der Waals surface area (Å²) in [5, 5.41) is 0. The average molecular weight is 231 g/mol. The van der Waals surface area contributed by atoms with Gasteiger partial charge in [0.1, 0.15) is 0 Å². The van der Waals surface area contributed by atoms with E-state index in [1.54, 1.807) is 0 Å². The molecule has 0 aliphatic rings. The Hall–Kier alpha value is -1.10. The van der Waals surface area contributed by atoms with E-state index in [0.29, 0.717) is 19.4 Å². The number of carbonyl (C=O) groups is 2. The van der Waals surface area contributed by atoms with E-state index in [9.17, 15) is 9.59 Å². The van der Waals surface area contributed by atoms with Gasteiger partial charge in [-0.15, -0.1) is 0 Å². The molecule has 16 heavy (non-hydrogen) atoms. The number of rotatable bonds is 7. The summed E-state index contributed by atoms with van der Waals surface area (Å²) in [6, 6.07) is 0.0714. The molecule has 0 spiro atoms. The van der Waals surface area contributed by atoms with Crippen molar-refractivity contribution < 1.29 is 19.1 Å². The maximum atomic E-state index is 11.1. The fraction of sp³-hybridized carbons (Fsp3) is 0.818. The summed E-state index contributed by atoms with van der Waals surface area (Å²) in [6.07, 6.45) is 0.682. The fourth-order valence-corrected chi connectivity index (χ4v) is 1.48. The molecule has 0 fully saturated rings. The van der Waals surface area contributed by atoms with Crippen LogP contribution in [-0.4, -0.2) is 50.2 Å². The number of esters is 2. The van der Waals surface area contributed by atoms with Gasteiger partial charge >= 0.3 is 11.9 Å². The van der Waals surface area contributed by atoms with Gasteiger partial charge in [-0.05, 0) is 13.5 Å². The minimum atomic E-state index is -0.233. The second kappa shape index (κ2) is 8.10. The molecule has 0 rings (SSSR count). The predicted octanol–water partition coefficient (Wildman–Crippen LogP) is 0.823. The summed E-state index contributed by atoms with van der Waals surface area (Å²) in [6.45, 7) is 5.32. The molecule has 0 N–H and O–H groups in total. The molecule has 0 bridgehead atoms. The number of carbonyl (C=O) groups excluding carboxylic acids is 2. The standard InChI is InChI=1S/C11H21NO4/c1-5-12(7-6-10(13)15-3)9(2)8-11(14)16-4/h9H,5-8H2,1-4H3. The van der Waals surface area contributed by atoms with Crippen molar-refractivity contribution in [3.63, 3.8) is 0 Å². The lowest BCUT2D eigenvalue weighted by atomic mass is 10.2. The molecule has 0 aliphatic heterocycles. The summed E-state index contributed by atoms with van der Waals surface area (Å²) in [4.78, 5) is 24.1. The molecule has 1 atom stereocenters. The van der Waals surface area contributed by atoms with Gasteiger partial charge in [-0.1, -0.05) is 6.92 Å². The lowest BCUT2D eigenvalue weighted by Gasteiger charge is -2.26. The van der Waals surface area contributed by atoms with Gasteiger partial charge < -0.3 is 9.47 Å². The van der Waals surface area contributed by atoms with E-state index in [1.165, 1.54) is 14.2 Å². The molecule has 0 aromatic rings. The van der Waals surface area contributed by atoms with E-state index in [-0.39, 0.29) is 18.0 Å². The van der Waals surface area contributed by atoms with Crippen molar-refractivity contribution in [2.24, 2.45) is 0 Å². The molecule has 0 aromatic carbocycles. The monoisotopic (exact) mass is 231 g/mol. The van der Waals surface area contributed by atoms with Gasteiger partial charge in [0, 0.05) is 12.6 Å². The Balaban J connectivity index is 4.05. The van der Waals surface area contributed by atoms with Crippen molar-refractivity contribution in [1.82, 2.24) is 4.90 Å². The van der Waals surface area contributed by atoms with Crippen LogP contribution in [0.25, 0.3) is 0 Å². The number of nitrogens with zero attached hydrogens (tertiary/aromatic N) is 1. The molecule has 0 aliphatic carbocycles. The van der Waals surface area contributed by atoms with Gasteiger partial charge in [-0.3, -0.25) is 14.5 Å². The SMILES string of the molecule is CCN(CCC(=O)OC)C(C)CC(=O)OC. The van der Waals surface area contributed by atoms with Crippen molar-refractivity contribution >= 4 is 11.9 Å². The zero-order valence-corrected chi connectivity index (χ0v) is 10.5. The van der Waals surface area contributed by atoms with Crippen molar-refractivity contribution in [2.45, 2.75) is 32.7 Å². The van der Waals surface area contributed by atoms with Crippen molar-refractivity contribution in [1.29, 1.82) is 0 Å². The highest BCUT2D eigenvalue weighted by Gasteiger charge is 2.17. The van der Waals surface area contributed by atoms with Crippen LogP contribution in [0.3, 0.4) is 0 Å². The fourth-order valence-electron chi connectivity index (χ4n) is 1.48. The zero-order chi connectivity index (χ0) is 12.6. The lowest BCUT2D eigenvalue weighted by molar-refractivity contribution is -0.142. The van der Waals surface area contributed by atoms with Crippen LogP contribution in [0.2, 0.25) is 0 Å². The zero-order valence-electron chi connectivity index (χ0n) is 10.5. The molecule has 0 saturated carbocycles. The molecule has 0 amide bonds. The second-order valence-electron chi connectivity index (χ2n) is 3.58. The molecular weight excluding hydrogens is 210 g/mol. The third-order valence-electron chi connectivity index (χ3n) is 2.55. The summed E-state index contributed by atoms with van der Waals surface area (Å²) in [7, 11) is 2.75. The van der Waals surface area contributed by atoms with Gasteiger partial charge in [-0.25, -0.2) is 0 Å². The second-order valence-corrected chi connectivity index (χ2v) is 3.58. The van der Waals surface area contributed by atoms with Crippen LogP contribution < -0.4 is 0 Å². The van der Waals surface area contributed by atoms with Gasteiger partial charge in [0.15, 0.2) is 0 Å². The van der Waals surface area contributed by atoms with Crippen LogP contribution in [0.4, 0.5) is 0 Å². The van der Waals surface area contributed by atoms with Gasteiger partial charge in [0.05, 0.1) is 27.1 Å². The van der Waals surface area contributed by atoms with Crippen LogP contribution in [0.5, 0.6) is 0 Å². The van der Waals surface area contributed by atoms with Crippen molar-refractivity contribution in [3.05, 3.63) is 0 Å². The quantitative estimate of drug-likeness (QED) is 0.607. The molecule has 5 heteroatoms. The van der Waals surface area contributed by atoms with E-state index in [2.05, 4.69) is 9.47 Å². The summed E-state index contributed by atoms with van der Waals surface area (Å²) < 4.78 is 9.17. The summed E-state index contributed by atoms with van der Waals surface area (Å²) in [5.74, 6) is -0.465. The van der Waals surface area contributed by atoms with E-state index in [0.717, 1.165) is 6.54 Å². The van der Waals surface area contributed by atoms with Crippen LogP contribution in [0.15, 0.2) is 0 Å². The van der Waals surface area contributed by atoms with Crippen LogP contribution >= 0.6 is 0 Å². The Morgan fingerprint density at radius 2 is 1.75 bits per heavy atom. The van der Waals surface area contributed by atoms with Crippen molar-refractivity contribution in [2.75, 3.05) is 27.3 Å². The highest BCUT2D eigenvalue weighted by molar-refractivity contribution is 5.70. The van der Waals surface area contributed by atoms with Crippen LogP contribution in [0.1, 0.15) is 26.7 Å².